The Bertz CT molecular complexity index is 364. The number of hydrogen-bond donors (Lipinski definition) is 3. The van der Waals surface area contributed by atoms with E-state index in [0.29, 0.717) is 12.1 Å². The van der Waals surface area contributed by atoms with Gasteiger partial charge in [-0.25, -0.2) is 4.79 Å². The Morgan fingerprint density at radius 3 is 2.85 bits per heavy atom. The molecule has 0 saturated carbocycles. The predicted molar refractivity (Wildman–Crippen MR) is 44.8 cm³/mol. The zero-order valence-electron chi connectivity index (χ0n) is 6.82. The number of benzene rings is 1. The zero-order valence-corrected chi connectivity index (χ0v) is 6.82. The minimum atomic E-state index is -1.91. The molecule has 1 aromatic rings. The first-order valence-electron chi connectivity index (χ1n) is 3.94. The topological polar surface area (TPSA) is 69.6 Å². The molecular formula is C9H9NO3. The van der Waals surface area contributed by atoms with Crippen molar-refractivity contribution in [3.05, 3.63) is 35.4 Å². The van der Waals surface area contributed by atoms with Crippen LogP contribution in [0.25, 0.3) is 0 Å². The first-order valence-corrected chi connectivity index (χ1v) is 3.94. The summed E-state index contributed by atoms with van der Waals surface area (Å²) in [5, 5.41) is 21.1. The van der Waals surface area contributed by atoms with E-state index >= 15 is 0 Å². The highest BCUT2D eigenvalue weighted by molar-refractivity contribution is 5.80. The van der Waals surface area contributed by atoms with Crippen LogP contribution in [0.3, 0.4) is 0 Å². The van der Waals surface area contributed by atoms with Gasteiger partial charge in [0.25, 0.3) is 0 Å². The van der Waals surface area contributed by atoms with Crippen molar-refractivity contribution in [2.24, 2.45) is 0 Å². The van der Waals surface area contributed by atoms with E-state index in [9.17, 15) is 9.90 Å². The number of aliphatic carboxylic acids is 1. The van der Waals surface area contributed by atoms with Crippen molar-refractivity contribution in [1.29, 1.82) is 0 Å². The molecule has 0 bridgehead atoms. The predicted octanol–water partition coefficient (Wildman–Crippen LogP) is 0.0195. The molecule has 2 rings (SSSR count). The maximum atomic E-state index is 10.8. The molecule has 0 saturated heterocycles. The van der Waals surface area contributed by atoms with Gasteiger partial charge in [0.2, 0.25) is 5.72 Å². The van der Waals surface area contributed by atoms with Crippen LogP contribution >= 0.6 is 0 Å². The molecule has 3 N–H and O–H groups in total. The Hall–Kier alpha value is -1.39. The molecule has 0 aromatic heterocycles. The Labute approximate surface area is 74.8 Å². The fourth-order valence-corrected chi connectivity index (χ4v) is 1.54. The van der Waals surface area contributed by atoms with Crippen molar-refractivity contribution in [1.82, 2.24) is 5.32 Å². The lowest BCUT2D eigenvalue weighted by atomic mass is 10.0. The van der Waals surface area contributed by atoms with Gasteiger partial charge in [-0.3, -0.25) is 5.32 Å². The first-order chi connectivity index (χ1) is 6.14. The summed E-state index contributed by atoms with van der Waals surface area (Å²) < 4.78 is 0. The molecule has 13 heavy (non-hydrogen) atoms. The van der Waals surface area contributed by atoms with E-state index in [1.54, 1.807) is 18.2 Å². The maximum absolute atomic E-state index is 10.8. The highest BCUT2D eigenvalue weighted by atomic mass is 16.4. The molecule has 1 unspecified atom stereocenters. The SMILES string of the molecule is O=C(O)C1(O)NCc2ccccc21. The second kappa shape index (κ2) is 2.55. The second-order valence-corrected chi connectivity index (χ2v) is 3.03. The number of hydrogen-bond acceptors (Lipinski definition) is 3. The lowest BCUT2D eigenvalue weighted by Gasteiger charge is -2.18. The first kappa shape index (κ1) is 8.22. The van der Waals surface area contributed by atoms with Crippen molar-refractivity contribution in [3.63, 3.8) is 0 Å². The van der Waals surface area contributed by atoms with Crippen LogP contribution in [0.5, 0.6) is 0 Å². The highest BCUT2D eigenvalue weighted by Gasteiger charge is 2.43. The molecule has 4 nitrogen and oxygen atoms in total. The van der Waals surface area contributed by atoms with Gasteiger partial charge in [0.1, 0.15) is 0 Å². The summed E-state index contributed by atoms with van der Waals surface area (Å²) in [5.74, 6) is -1.27. The molecule has 1 atom stereocenters. The third-order valence-electron chi connectivity index (χ3n) is 2.25. The van der Waals surface area contributed by atoms with E-state index in [4.69, 9.17) is 5.11 Å². The molecule has 1 aliphatic rings. The summed E-state index contributed by atoms with van der Waals surface area (Å²) in [5.41, 5.74) is -0.647. The van der Waals surface area contributed by atoms with Crippen LogP contribution in [0.4, 0.5) is 0 Å². The molecule has 1 aliphatic heterocycles. The van der Waals surface area contributed by atoms with Crippen LogP contribution in [-0.2, 0) is 17.1 Å². The standard InChI is InChI=1S/C9H9NO3/c11-8(12)9(13)7-4-2-1-3-6(7)5-10-9/h1-4,10,13H,5H2,(H,11,12). The van der Waals surface area contributed by atoms with E-state index in [2.05, 4.69) is 5.32 Å². The number of fused-ring (bicyclic) bond motifs is 1. The number of carboxylic acids is 1. The lowest BCUT2D eigenvalue weighted by Crippen LogP contribution is -2.44. The molecule has 1 aromatic carbocycles. The normalized spacial score (nSPS) is 25.6. The molecule has 4 heteroatoms. The Morgan fingerprint density at radius 2 is 2.15 bits per heavy atom. The quantitative estimate of drug-likeness (QED) is 0.568. The van der Waals surface area contributed by atoms with Gasteiger partial charge < -0.3 is 10.2 Å². The second-order valence-electron chi connectivity index (χ2n) is 3.03. The van der Waals surface area contributed by atoms with Gasteiger partial charge in [-0.2, -0.15) is 0 Å². The monoisotopic (exact) mass is 179 g/mol. The van der Waals surface area contributed by atoms with E-state index in [0.717, 1.165) is 5.56 Å². The third-order valence-corrected chi connectivity index (χ3v) is 2.25. The average Bonchev–Trinajstić information content (AvgIpc) is 2.47. The molecule has 68 valence electrons. The zero-order chi connectivity index (χ0) is 9.47. The van der Waals surface area contributed by atoms with Crippen LogP contribution in [-0.4, -0.2) is 16.2 Å². The van der Waals surface area contributed by atoms with Crippen LogP contribution in [0.15, 0.2) is 24.3 Å². The van der Waals surface area contributed by atoms with Crippen molar-refractivity contribution < 1.29 is 15.0 Å². The largest absolute Gasteiger partial charge is 0.478 e. The molecule has 0 spiro atoms. The van der Waals surface area contributed by atoms with Gasteiger partial charge in [-0.15, -0.1) is 0 Å². The highest BCUT2D eigenvalue weighted by Crippen LogP contribution is 2.28. The summed E-state index contributed by atoms with van der Waals surface area (Å²) in [6.45, 7) is 0.388. The summed E-state index contributed by atoms with van der Waals surface area (Å²) in [6.07, 6.45) is 0. The summed E-state index contributed by atoms with van der Waals surface area (Å²) in [4.78, 5) is 10.8. The minimum Gasteiger partial charge on any atom is -0.478 e. The van der Waals surface area contributed by atoms with Crippen molar-refractivity contribution in [2.45, 2.75) is 12.3 Å². The van der Waals surface area contributed by atoms with Crippen molar-refractivity contribution >= 4 is 5.97 Å². The molecule has 1 heterocycles. The van der Waals surface area contributed by atoms with Gasteiger partial charge in [0.15, 0.2) is 0 Å². The fourth-order valence-electron chi connectivity index (χ4n) is 1.54. The Kier molecular flexibility index (Phi) is 1.61. The summed E-state index contributed by atoms with van der Waals surface area (Å²) in [7, 11) is 0. The number of carboxylic acid groups (broad SMARTS) is 1. The molecular weight excluding hydrogens is 170 g/mol. The van der Waals surface area contributed by atoms with Crippen LogP contribution in [0.2, 0.25) is 0 Å². The number of carbonyl (C=O) groups is 1. The van der Waals surface area contributed by atoms with Crippen LogP contribution in [0.1, 0.15) is 11.1 Å². The van der Waals surface area contributed by atoms with Gasteiger partial charge >= 0.3 is 5.97 Å². The van der Waals surface area contributed by atoms with E-state index in [1.807, 2.05) is 6.07 Å². The average molecular weight is 179 g/mol. The minimum absolute atomic E-state index is 0.388. The molecule has 0 fully saturated rings. The summed E-state index contributed by atoms with van der Waals surface area (Å²) >= 11 is 0. The number of nitrogens with one attached hydrogen (secondary N) is 1. The van der Waals surface area contributed by atoms with Gasteiger partial charge in [0, 0.05) is 12.1 Å². The molecule has 0 radical (unpaired) electrons. The number of aliphatic hydroxyl groups is 1. The molecule has 0 aliphatic carbocycles. The van der Waals surface area contributed by atoms with E-state index in [-0.39, 0.29) is 0 Å². The molecule has 0 amide bonds. The van der Waals surface area contributed by atoms with Crippen LogP contribution in [0, 0.1) is 0 Å². The van der Waals surface area contributed by atoms with Crippen molar-refractivity contribution in [2.75, 3.05) is 0 Å². The fraction of sp³-hybridized carbons (Fsp3) is 0.222. The Balaban J connectivity index is 2.55. The third kappa shape index (κ3) is 1.03. The van der Waals surface area contributed by atoms with Gasteiger partial charge in [-0.05, 0) is 5.56 Å². The Morgan fingerprint density at radius 1 is 1.46 bits per heavy atom. The summed E-state index contributed by atoms with van der Waals surface area (Å²) in [6, 6.07) is 6.93. The maximum Gasteiger partial charge on any atom is 0.356 e. The lowest BCUT2D eigenvalue weighted by molar-refractivity contribution is -0.162. The van der Waals surface area contributed by atoms with Crippen molar-refractivity contribution in [3.8, 4) is 0 Å². The smallest absolute Gasteiger partial charge is 0.356 e. The van der Waals surface area contributed by atoms with E-state index < -0.39 is 11.7 Å². The van der Waals surface area contributed by atoms with Crippen LogP contribution < -0.4 is 5.32 Å². The van der Waals surface area contributed by atoms with E-state index in [1.165, 1.54) is 0 Å². The number of rotatable bonds is 1. The van der Waals surface area contributed by atoms with Gasteiger partial charge in [0.05, 0.1) is 0 Å². The van der Waals surface area contributed by atoms with Gasteiger partial charge in [-0.1, -0.05) is 24.3 Å².